The molecule has 0 spiro atoms. The first-order chi connectivity index (χ1) is 15.9. The Bertz CT molecular complexity index is 855. The quantitative estimate of drug-likeness (QED) is 0.187. The molecule has 4 nitrogen and oxygen atoms in total. The minimum Gasteiger partial charge on any atom is -0.399 e. The number of benzene rings is 2. The van der Waals surface area contributed by atoms with Crippen LogP contribution in [0.1, 0.15) is 63.3 Å². The molecular weight excluding hydrogens is 887 g/mol. The first kappa shape index (κ1) is 38.7. The van der Waals surface area contributed by atoms with E-state index >= 15 is 0 Å². The molecule has 2 aromatic carbocycles. The molecule has 10 heteroatoms. The van der Waals surface area contributed by atoms with E-state index in [1.54, 1.807) is 0 Å². The molecule has 197 valence electrons. The van der Waals surface area contributed by atoms with E-state index in [1.165, 1.54) is 6.42 Å². The summed E-state index contributed by atoms with van der Waals surface area (Å²) in [5.74, 6) is 0. The predicted octanol–water partition coefficient (Wildman–Crippen LogP) is 7.80. The Labute approximate surface area is 270 Å². The van der Waals surface area contributed by atoms with Crippen LogP contribution in [0.4, 0.5) is 0 Å². The Morgan fingerprint density at radius 1 is 0.886 bits per heavy atom. The van der Waals surface area contributed by atoms with Gasteiger partial charge in [-0.3, -0.25) is 4.43 Å². The van der Waals surface area contributed by atoms with Crippen LogP contribution in [0.3, 0.4) is 0 Å². The van der Waals surface area contributed by atoms with E-state index in [0.717, 1.165) is 32.2 Å². The Balaban J connectivity index is 0. The van der Waals surface area contributed by atoms with Crippen LogP contribution in [0.15, 0.2) is 40.9 Å². The summed E-state index contributed by atoms with van der Waals surface area (Å²) >= 11 is 9.79. The third-order valence-corrected chi connectivity index (χ3v) is 7.08. The van der Waals surface area contributed by atoms with Crippen molar-refractivity contribution in [3.05, 3.63) is 67.6 Å². The van der Waals surface area contributed by atoms with Crippen molar-refractivity contribution in [2.24, 2.45) is 0 Å². The van der Waals surface area contributed by atoms with Gasteiger partial charge < -0.3 is 42.1 Å². The molecule has 2 aromatic rings. The standard InChI is InChI=1S/C14H21BO3.C8H9BrO.C3H6I.I2.V/c1-10-6-7-12(8-11(10)9-16)15-17-13(2,3)14(4,5)18-15;1-6-2-3-8(9)4-7(6)5-10;1-2-3-4;1-2;/h6-8,16H,9H2,1-5H3;2-4,10H,5H2,1H3;3H,2H2,1H3;;/q;;-1;;. The molecule has 0 atom stereocenters. The van der Waals surface area contributed by atoms with Gasteiger partial charge in [0.05, 0.1) is 24.4 Å². The molecule has 0 aromatic heterocycles. The van der Waals surface area contributed by atoms with Gasteiger partial charge >= 0.3 is 7.12 Å². The molecule has 1 fully saturated rings. The molecule has 0 bridgehead atoms. The summed E-state index contributed by atoms with van der Waals surface area (Å²) in [5.41, 5.74) is 4.41. The Kier molecular flexibility index (Phi) is 21.7. The fourth-order valence-electron chi connectivity index (χ4n) is 2.80. The maximum absolute atomic E-state index is 9.31. The molecular formula is C25H36BBrI3O4V-. The average Bonchev–Trinajstić information content (AvgIpc) is 3.04. The SMILES string of the molecule is CC[CH-]I.Cc1ccc(B2OC(C)(C)C(C)(C)O2)cc1CO.Cc1ccc(Br)cc1CO.II.[V]. The fraction of sp³-hybridized carbons (Fsp3) is 0.480. The minimum atomic E-state index is -0.360. The van der Waals surface area contributed by atoms with E-state index < -0.39 is 0 Å². The summed E-state index contributed by atoms with van der Waals surface area (Å²) in [6, 6.07) is 11.8. The zero-order valence-corrected chi connectivity index (χ0v) is 30.9. The van der Waals surface area contributed by atoms with Crippen LogP contribution in [0, 0.1) is 18.3 Å². The van der Waals surface area contributed by atoms with Gasteiger partial charge in [-0.1, -0.05) is 47.1 Å². The number of aryl methyl sites for hydroxylation is 2. The van der Waals surface area contributed by atoms with Crippen LogP contribution in [0.2, 0.25) is 0 Å². The number of hydrogen-bond acceptors (Lipinski definition) is 4. The van der Waals surface area contributed by atoms with Crippen molar-refractivity contribution in [3.8, 4) is 0 Å². The Hall–Kier alpha value is 1.60. The monoisotopic (exact) mass is 922 g/mol. The van der Waals surface area contributed by atoms with Crippen molar-refractivity contribution in [2.45, 2.75) is 79.3 Å². The molecule has 0 aliphatic carbocycles. The van der Waals surface area contributed by atoms with Crippen LogP contribution in [0.5, 0.6) is 0 Å². The second-order valence-electron chi connectivity index (χ2n) is 8.72. The summed E-state index contributed by atoms with van der Waals surface area (Å²) in [5, 5.41) is 18.1. The van der Waals surface area contributed by atoms with Crippen molar-refractivity contribution in [3.63, 3.8) is 0 Å². The van der Waals surface area contributed by atoms with Crippen LogP contribution in [-0.2, 0) is 41.1 Å². The van der Waals surface area contributed by atoms with E-state index in [0.29, 0.717) is 0 Å². The van der Waals surface area contributed by atoms with Crippen molar-refractivity contribution in [2.75, 3.05) is 0 Å². The molecule has 1 saturated heterocycles. The largest absolute Gasteiger partial charge is 0.494 e. The van der Waals surface area contributed by atoms with E-state index in [4.69, 9.17) is 14.4 Å². The zero-order valence-electron chi connectivity index (χ0n) is 21.4. The number of hydrogen-bond donors (Lipinski definition) is 2. The van der Waals surface area contributed by atoms with Gasteiger partial charge in [-0.2, -0.15) is 6.42 Å². The van der Waals surface area contributed by atoms with Crippen LogP contribution in [0.25, 0.3) is 0 Å². The molecule has 35 heavy (non-hydrogen) atoms. The molecule has 0 amide bonds. The Morgan fingerprint density at radius 2 is 1.29 bits per heavy atom. The van der Waals surface area contributed by atoms with Gasteiger partial charge in [0.25, 0.3) is 0 Å². The summed E-state index contributed by atoms with van der Waals surface area (Å²) in [7, 11) is -0.360. The molecule has 1 radical (unpaired) electrons. The first-order valence-electron chi connectivity index (χ1n) is 10.9. The molecule has 2 N–H and O–H groups in total. The second-order valence-corrected chi connectivity index (χ2v) is 10.5. The summed E-state index contributed by atoms with van der Waals surface area (Å²) < 4.78 is 15.1. The molecule has 1 aliphatic heterocycles. The average molecular weight is 923 g/mol. The van der Waals surface area contributed by atoms with Gasteiger partial charge in [0.2, 0.25) is 0 Å². The topological polar surface area (TPSA) is 58.9 Å². The summed E-state index contributed by atoms with van der Waals surface area (Å²) in [6.07, 6.45) is 1.18. The Morgan fingerprint density at radius 3 is 1.66 bits per heavy atom. The van der Waals surface area contributed by atoms with Crippen molar-refractivity contribution in [1.82, 2.24) is 0 Å². The molecule has 0 saturated carbocycles. The van der Waals surface area contributed by atoms with E-state index in [-0.39, 0.29) is 50.1 Å². The normalized spacial score (nSPS) is 14.8. The maximum atomic E-state index is 9.31. The van der Waals surface area contributed by atoms with E-state index in [9.17, 15) is 5.11 Å². The zero-order chi connectivity index (χ0) is 26.5. The fourth-order valence-corrected chi connectivity index (χ4v) is 3.21. The predicted molar refractivity (Wildman–Crippen MR) is 174 cm³/mol. The van der Waals surface area contributed by atoms with Gasteiger partial charge in [0, 0.05) is 60.3 Å². The van der Waals surface area contributed by atoms with Gasteiger partial charge in [-0.25, -0.2) is 0 Å². The van der Waals surface area contributed by atoms with Gasteiger partial charge in [0.1, 0.15) is 0 Å². The van der Waals surface area contributed by atoms with Gasteiger partial charge in [0.15, 0.2) is 0 Å². The molecule has 1 heterocycles. The number of aliphatic hydroxyl groups excluding tert-OH is 2. The van der Waals surface area contributed by atoms with Crippen LogP contribution < -0.4 is 5.46 Å². The first-order valence-corrected chi connectivity index (χ1v) is 19.2. The summed E-state index contributed by atoms with van der Waals surface area (Å²) in [4.78, 5) is 0. The summed E-state index contributed by atoms with van der Waals surface area (Å²) in [6.45, 7) is 14.4. The third-order valence-electron chi connectivity index (χ3n) is 5.70. The van der Waals surface area contributed by atoms with E-state index in [1.807, 2.05) is 77.9 Å². The number of halogens is 4. The van der Waals surface area contributed by atoms with E-state index in [2.05, 4.69) is 87.1 Å². The molecule has 1 aliphatic rings. The third kappa shape index (κ3) is 13.0. The number of aliphatic hydroxyl groups is 2. The second kappa shape index (κ2) is 19.6. The van der Waals surface area contributed by atoms with Crippen molar-refractivity contribution in [1.29, 1.82) is 0 Å². The maximum Gasteiger partial charge on any atom is 0.494 e. The van der Waals surface area contributed by atoms with Crippen LogP contribution >= 0.6 is 75.8 Å². The number of rotatable bonds is 4. The molecule has 0 unspecified atom stereocenters. The molecule has 3 rings (SSSR count). The smallest absolute Gasteiger partial charge is 0.399 e. The van der Waals surface area contributed by atoms with Crippen molar-refractivity contribution < 1.29 is 38.1 Å². The minimum absolute atomic E-state index is 0. The van der Waals surface area contributed by atoms with Gasteiger partial charge in [-0.05, 0) is 81.4 Å². The van der Waals surface area contributed by atoms with Crippen LogP contribution in [-0.4, -0.2) is 28.5 Å². The van der Waals surface area contributed by atoms with Gasteiger partial charge in [-0.15, -0.1) is 0 Å². The van der Waals surface area contributed by atoms with Crippen molar-refractivity contribution >= 4 is 88.3 Å².